The minimum atomic E-state index is 0. The van der Waals surface area contributed by atoms with Crippen molar-refractivity contribution in [2.24, 2.45) is 0 Å². The Morgan fingerprint density at radius 3 is 1.05 bits per heavy atom. The van der Waals surface area contributed by atoms with Crippen LogP contribution in [-0.2, 0) is 0 Å². The molecule has 0 unspecified atom stereocenters. The van der Waals surface area contributed by atoms with Crippen LogP contribution < -0.4 is 0 Å². The number of hydrogen-bond acceptors (Lipinski definition) is 0. The SMILES string of the molecule is Br.CCCCCCCCCCCCCCCC[N+](C)(C)C.[KH]. The summed E-state index contributed by atoms with van der Waals surface area (Å²) in [5.74, 6) is 0. The first kappa shape index (κ1) is 28.9. The Morgan fingerprint density at radius 2 is 0.773 bits per heavy atom. The third-order valence-electron chi connectivity index (χ3n) is 4.18. The van der Waals surface area contributed by atoms with E-state index in [2.05, 4.69) is 28.1 Å². The molecule has 0 amide bonds. The van der Waals surface area contributed by atoms with Crippen molar-refractivity contribution in [2.75, 3.05) is 27.7 Å². The maximum absolute atomic E-state index is 2.29. The van der Waals surface area contributed by atoms with E-state index in [1.807, 2.05) is 0 Å². The Hall–Kier alpha value is 2.08. The molecule has 0 aromatic heterocycles. The number of halogens is 1. The van der Waals surface area contributed by atoms with Crippen LogP contribution in [0.1, 0.15) is 96.8 Å². The van der Waals surface area contributed by atoms with Crippen LogP contribution in [0.2, 0.25) is 0 Å². The van der Waals surface area contributed by atoms with Gasteiger partial charge in [-0.1, -0.05) is 84.0 Å². The summed E-state index contributed by atoms with van der Waals surface area (Å²) in [6.45, 7) is 3.63. The van der Waals surface area contributed by atoms with Gasteiger partial charge < -0.3 is 4.48 Å². The summed E-state index contributed by atoms with van der Waals surface area (Å²) in [7, 11) is 6.88. The summed E-state index contributed by atoms with van der Waals surface area (Å²) in [6, 6.07) is 0. The van der Waals surface area contributed by atoms with Gasteiger partial charge in [-0.2, -0.15) is 0 Å². The molecule has 0 aromatic rings. The fraction of sp³-hybridized carbons (Fsp3) is 1.00. The van der Waals surface area contributed by atoms with Crippen LogP contribution in [0.3, 0.4) is 0 Å². The van der Waals surface area contributed by atoms with Crippen LogP contribution in [0, 0.1) is 0 Å². The van der Waals surface area contributed by atoms with Gasteiger partial charge in [-0.25, -0.2) is 0 Å². The van der Waals surface area contributed by atoms with E-state index in [0.29, 0.717) is 0 Å². The number of quaternary nitrogens is 1. The number of hydrogen-bond donors (Lipinski definition) is 0. The van der Waals surface area contributed by atoms with Gasteiger partial charge in [0.2, 0.25) is 0 Å². The molecule has 0 fully saturated rings. The van der Waals surface area contributed by atoms with Gasteiger partial charge in [0.25, 0.3) is 0 Å². The molecule has 0 radical (unpaired) electrons. The average molecular weight is 406 g/mol. The summed E-state index contributed by atoms with van der Waals surface area (Å²) in [5.41, 5.74) is 0. The van der Waals surface area contributed by atoms with Gasteiger partial charge in [-0.3, -0.25) is 0 Å². The maximum atomic E-state index is 2.29. The van der Waals surface area contributed by atoms with Crippen LogP contribution in [0.4, 0.5) is 0 Å². The van der Waals surface area contributed by atoms with Crippen LogP contribution in [0.5, 0.6) is 0 Å². The summed E-state index contributed by atoms with van der Waals surface area (Å²) in [6.07, 6.45) is 20.4. The molecule has 0 heterocycles. The first-order chi connectivity index (χ1) is 9.56. The van der Waals surface area contributed by atoms with Crippen molar-refractivity contribution in [3.05, 3.63) is 0 Å². The van der Waals surface area contributed by atoms with Gasteiger partial charge in [-0.15, -0.1) is 17.0 Å². The van der Waals surface area contributed by atoms with Gasteiger partial charge in [0.1, 0.15) is 0 Å². The number of rotatable bonds is 15. The van der Waals surface area contributed by atoms with E-state index in [1.54, 1.807) is 0 Å². The molecule has 0 aliphatic rings. The predicted molar refractivity (Wildman–Crippen MR) is 111 cm³/mol. The second-order valence-electron chi connectivity index (χ2n) is 7.61. The molecule has 0 spiro atoms. The van der Waals surface area contributed by atoms with Gasteiger partial charge in [-0.05, 0) is 12.8 Å². The third kappa shape index (κ3) is 26.9. The van der Waals surface area contributed by atoms with Gasteiger partial charge in [0.15, 0.2) is 0 Å². The van der Waals surface area contributed by atoms with E-state index >= 15 is 0 Å². The first-order valence-electron chi connectivity index (χ1n) is 9.36. The standard InChI is InChI=1S/C19H42N.BrH.K.H/c1-5-6-7-8-9-10-11-12-13-14-15-16-17-18-19-20(2,3)4;;;/h5-19H2,1-4H3;1H;;/q+1;;;. The Labute approximate surface area is 195 Å². The van der Waals surface area contributed by atoms with E-state index in [-0.39, 0.29) is 68.4 Å². The summed E-state index contributed by atoms with van der Waals surface area (Å²) in [5, 5.41) is 0. The topological polar surface area (TPSA) is 0 Å². The second-order valence-corrected chi connectivity index (χ2v) is 7.61. The average Bonchev–Trinajstić information content (AvgIpc) is 2.38. The van der Waals surface area contributed by atoms with Crippen LogP contribution >= 0.6 is 17.0 Å². The van der Waals surface area contributed by atoms with Crippen molar-refractivity contribution in [1.82, 2.24) is 0 Å². The van der Waals surface area contributed by atoms with Crippen molar-refractivity contribution < 1.29 is 4.48 Å². The number of nitrogens with zero attached hydrogens (tertiary/aromatic N) is 1. The number of unbranched alkanes of at least 4 members (excludes halogenated alkanes) is 13. The van der Waals surface area contributed by atoms with Crippen molar-refractivity contribution in [2.45, 2.75) is 96.8 Å². The van der Waals surface area contributed by atoms with Crippen molar-refractivity contribution in [3.8, 4) is 0 Å². The van der Waals surface area contributed by atoms with Crippen LogP contribution in [0.25, 0.3) is 0 Å². The fourth-order valence-corrected chi connectivity index (χ4v) is 2.78. The van der Waals surface area contributed by atoms with Crippen molar-refractivity contribution in [1.29, 1.82) is 0 Å². The van der Waals surface area contributed by atoms with Gasteiger partial charge in [0, 0.05) is 0 Å². The molecule has 3 heteroatoms. The second kappa shape index (κ2) is 21.1. The third-order valence-corrected chi connectivity index (χ3v) is 4.18. The van der Waals surface area contributed by atoms with E-state index in [9.17, 15) is 0 Å². The minimum absolute atomic E-state index is 0. The zero-order valence-electron chi connectivity index (χ0n) is 15.5. The van der Waals surface area contributed by atoms with E-state index in [1.165, 1.54) is 96.4 Å². The zero-order chi connectivity index (χ0) is 15.1. The normalized spacial score (nSPS) is 10.9. The predicted octanol–water partition coefficient (Wildman–Crippen LogP) is 6.10. The summed E-state index contributed by atoms with van der Waals surface area (Å²) < 4.78 is 1.12. The quantitative estimate of drug-likeness (QED) is 0.175. The summed E-state index contributed by atoms with van der Waals surface area (Å²) in [4.78, 5) is 0. The van der Waals surface area contributed by atoms with Crippen LogP contribution in [-0.4, -0.2) is 83.6 Å². The Balaban J connectivity index is -0.00000180. The molecule has 1 nitrogen and oxygen atoms in total. The fourth-order valence-electron chi connectivity index (χ4n) is 2.78. The molecule has 0 atom stereocenters. The van der Waals surface area contributed by atoms with Crippen molar-refractivity contribution in [3.63, 3.8) is 0 Å². The monoisotopic (exact) mass is 404 g/mol. The zero-order valence-corrected chi connectivity index (χ0v) is 17.2. The van der Waals surface area contributed by atoms with E-state index in [0.717, 1.165) is 4.48 Å². The molecule has 0 aliphatic heterocycles. The Morgan fingerprint density at radius 1 is 0.500 bits per heavy atom. The van der Waals surface area contributed by atoms with Crippen molar-refractivity contribution >= 4 is 68.4 Å². The molecule has 0 rings (SSSR count). The molecule has 22 heavy (non-hydrogen) atoms. The van der Waals surface area contributed by atoms with E-state index in [4.69, 9.17) is 0 Å². The van der Waals surface area contributed by atoms with Gasteiger partial charge in [0.05, 0.1) is 27.7 Å². The Bertz CT molecular complexity index is 192. The molecular formula is C19H44BrKN+. The Kier molecular flexibility index (Phi) is 27.7. The van der Waals surface area contributed by atoms with Crippen LogP contribution in [0.15, 0.2) is 0 Å². The molecule has 132 valence electrons. The molecule has 0 saturated heterocycles. The molecule has 0 bridgehead atoms. The first-order valence-corrected chi connectivity index (χ1v) is 9.36. The van der Waals surface area contributed by atoms with Gasteiger partial charge >= 0.3 is 51.4 Å². The summed E-state index contributed by atoms with van der Waals surface area (Å²) >= 11 is 0. The molecule has 0 saturated carbocycles. The molecule has 0 aromatic carbocycles. The molecule has 0 aliphatic carbocycles. The van der Waals surface area contributed by atoms with E-state index < -0.39 is 0 Å². The molecular weight excluding hydrogens is 361 g/mol. The molecule has 0 N–H and O–H groups in total.